The monoisotopic (exact) mass is 277 g/mol. The van der Waals surface area contributed by atoms with E-state index in [-0.39, 0.29) is 0 Å². The molecular weight excluding hydrogens is 258 g/mol. The zero-order chi connectivity index (χ0) is 14.2. The third kappa shape index (κ3) is 2.19. The van der Waals surface area contributed by atoms with Crippen molar-refractivity contribution >= 4 is 11.6 Å². The quantitative estimate of drug-likeness (QED) is 0.836. The zero-order valence-corrected chi connectivity index (χ0v) is 12.2. The number of rotatable bonds is 1. The number of aryl methyl sites for hydroxylation is 2. The molecule has 106 valence electrons. The molecule has 0 spiro atoms. The van der Waals surface area contributed by atoms with E-state index < -0.39 is 0 Å². The largest absolute Gasteiger partial charge is 0.349 e. The second-order valence-corrected chi connectivity index (χ2v) is 5.83. The first-order valence-electron chi connectivity index (χ1n) is 7.55. The van der Waals surface area contributed by atoms with Crippen molar-refractivity contribution in [3.63, 3.8) is 0 Å². The van der Waals surface area contributed by atoms with Gasteiger partial charge in [-0.15, -0.1) is 0 Å². The number of hydrogen-bond donors (Lipinski definition) is 2. The topological polar surface area (TPSA) is 36.4 Å². The van der Waals surface area contributed by atoms with Gasteiger partial charge in [0.1, 0.15) is 0 Å². The minimum absolute atomic E-state index is 0.374. The zero-order valence-electron chi connectivity index (χ0n) is 12.2. The summed E-state index contributed by atoms with van der Waals surface area (Å²) in [5, 5.41) is 7.01. The predicted molar refractivity (Wildman–Crippen MR) is 86.6 cm³/mol. The van der Waals surface area contributed by atoms with Crippen molar-refractivity contribution in [2.24, 2.45) is 4.99 Å². The highest BCUT2D eigenvalue weighted by molar-refractivity contribution is 5.96. The molecule has 0 radical (unpaired) electrons. The van der Waals surface area contributed by atoms with E-state index in [1.807, 2.05) is 0 Å². The van der Waals surface area contributed by atoms with Crippen LogP contribution in [-0.4, -0.2) is 5.96 Å². The number of nitrogens with one attached hydrogen (secondary N) is 2. The lowest BCUT2D eigenvalue weighted by molar-refractivity contribution is 0.636. The Bertz CT molecular complexity index is 718. The summed E-state index contributed by atoms with van der Waals surface area (Å²) in [6, 6.07) is 15.4. The summed E-state index contributed by atoms with van der Waals surface area (Å²) in [5.74, 6) is 0.898. The molecule has 1 atom stereocenters. The summed E-state index contributed by atoms with van der Waals surface area (Å²) < 4.78 is 0. The van der Waals surface area contributed by atoms with E-state index in [9.17, 15) is 0 Å². The minimum Gasteiger partial charge on any atom is -0.349 e. The maximum atomic E-state index is 4.66. The summed E-state index contributed by atoms with van der Waals surface area (Å²) in [6.45, 7) is 2.90. The molecule has 1 aliphatic carbocycles. The molecule has 1 unspecified atom stereocenters. The smallest absolute Gasteiger partial charge is 0.196 e. The molecule has 2 aromatic rings. The second-order valence-electron chi connectivity index (χ2n) is 5.83. The first kappa shape index (κ1) is 12.5. The highest BCUT2D eigenvalue weighted by Gasteiger charge is 2.23. The van der Waals surface area contributed by atoms with Crippen molar-refractivity contribution in [1.82, 2.24) is 5.32 Å². The molecule has 3 heteroatoms. The standard InChI is InChI=1S/C18H19N3/c1-12-5-4-8-16-15(12)11-19-18(20-16)21-17-10-9-13-6-2-3-7-14(13)17/h2-8,17H,9-11H2,1H3,(H2,19,20,21). The van der Waals surface area contributed by atoms with Gasteiger partial charge in [-0.2, -0.15) is 0 Å². The first-order valence-corrected chi connectivity index (χ1v) is 7.55. The lowest BCUT2D eigenvalue weighted by atomic mass is 10.1. The molecule has 1 aliphatic heterocycles. The Hall–Kier alpha value is -2.29. The van der Waals surface area contributed by atoms with Crippen molar-refractivity contribution < 1.29 is 0 Å². The summed E-state index contributed by atoms with van der Waals surface area (Å²) >= 11 is 0. The van der Waals surface area contributed by atoms with Crippen LogP contribution in [0, 0.1) is 6.92 Å². The fourth-order valence-corrected chi connectivity index (χ4v) is 3.31. The van der Waals surface area contributed by atoms with Crippen molar-refractivity contribution in [2.45, 2.75) is 32.4 Å². The third-order valence-corrected chi connectivity index (χ3v) is 4.50. The Morgan fingerprint density at radius 1 is 1.14 bits per heavy atom. The summed E-state index contributed by atoms with van der Waals surface area (Å²) in [5.41, 5.74) is 6.65. The molecular formula is C18H19N3. The Morgan fingerprint density at radius 2 is 2.05 bits per heavy atom. The molecule has 3 nitrogen and oxygen atoms in total. The van der Waals surface area contributed by atoms with Crippen LogP contribution in [0.2, 0.25) is 0 Å². The van der Waals surface area contributed by atoms with Gasteiger partial charge in [-0.1, -0.05) is 36.4 Å². The highest BCUT2D eigenvalue weighted by Crippen LogP contribution is 2.31. The van der Waals surface area contributed by atoms with Crippen LogP contribution in [0.1, 0.15) is 34.7 Å². The van der Waals surface area contributed by atoms with Crippen molar-refractivity contribution in [3.05, 3.63) is 64.7 Å². The van der Waals surface area contributed by atoms with Gasteiger partial charge >= 0.3 is 0 Å². The van der Waals surface area contributed by atoms with E-state index in [1.165, 1.54) is 27.9 Å². The average molecular weight is 277 g/mol. The SMILES string of the molecule is Cc1cccc2c1CN=C(NC1CCc3ccccc31)N2. The fourth-order valence-electron chi connectivity index (χ4n) is 3.31. The molecule has 21 heavy (non-hydrogen) atoms. The molecule has 0 bridgehead atoms. The molecule has 0 fully saturated rings. The van der Waals surface area contributed by atoms with E-state index in [0.29, 0.717) is 6.04 Å². The van der Waals surface area contributed by atoms with E-state index in [2.05, 4.69) is 65.0 Å². The van der Waals surface area contributed by atoms with Gasteiger partial charge in [-0.3, -0.25) is 0 Å². The molecule has 2 aromatic carbocycles. The fraction of sp³-hybridized carbons (Fsp3) is 0.278. The molecule has 4 rings (SSSR count). The molecule has 2 N–H and O–H groups in total. The number of nitrogens with zero attached hydrogens (tertiary/aromatic N) is 1. The van der Waals surface area contributed by atoms with Gasteiger partial charge in [0.25, 0.3) is 0 Å². The van der Waals surface area contributed by atoms with Gasteiger partial charge in [0.2, 0.25) is 0 Å². The summed E-state index contributed by atoms with van der Waals surface area (Å²) in [6.07, 6.45) is 2.29. The van der Waals surface area contributed by atoms with Crippen LogP contribution >= 0.6 is 0 Å². The second kappa shape index (κ2) is 4.92. The maximum absolute atomic E-state index is 4.66. The van der Waals surface area contributed by atoms with Gasteiger partial charge < -0.3 is 10.6 Å². The molecule has 0 amide bonds. The van der Waals surface area contributed by atoms with Crippen LogP contribution in [0.4, 0.5) is 5.69 Å². The van der Waals surface area contributed by atoms with Crippen LogP contribution in [-0.2, 0) is 13.0 Å². The maximum Gasteiger partial charge on any atom is 0.196 e. The van der Waals surface area contributed by atoms with Gasteiger partial charge in [0.05, 0.1) is 12.6 Å². The Labute approximate surface area is 125 Å². The van der Waals surface area contributed by atoms with Crippen molar-refractivity contribution in [2.75, 3.05) is 5.32 Å². The van der Waals surface area contributed by atoms with Crippen molar-refractivity contribution in [3.8, 4) is 0 Å². The number of anilines is 1. The van der Waals surface area contributed by atoms with Crippen LogP contribution in [0.15, 0.2) is 47.5 Å². The lowest BCUT2D eigenvalue weighted by Crippen LogP contribution is -2.35. The van der Waals surface area contributed by atoms with E-state index in [1.54, 1.807) is 0 Å². The van der Waals surface area contributed by atoms with Gasteiger partial charge in [-0.05, 0) is 42.5 Å². The molecule has 0 saturated heterocycles. The van der Waals surface area contributed by atoms with Crippen molar-refractivity contribution in [1.29, 1.82) is 0 Å². The molecule has 0 aromatic heterocycles. The Kier molecular flexibility index (Phi) is 2.92. The molecule has 2 aliphatic rings. The van der Waals surface area contributed by atoms with E-state index in [4.69, 9.17) is 0 Å². The predicted octanol–water partition coefficient (Wildman–Crippen LogP) is 3.55. The number of hydrogen-bond acceptors (Lipinski definition) is 3. The van der Waals surface area contributed by atoms with Gasteiger partial charge in [0, 0.05) is 11.3 Å². The number of benzene rings is 2. The van der Waals surface area contributed by atoms with Crippen LogP contribution in [0.3, 0.4) is 0 Å². The van der Waals surface area contributed by atoms with E-state index >= 15 is 0 Å². The Balaban J connectivity index is 1.54. The normalized spacial score (nSPS) is 19.3. The Morgan fingerprint density at radius 3 is 3.00 bits per heavy atom. The molecule has 0 saturated carbocycles. The van der Waals surface area contributed by atoms with E-state index in [0.717, 1.165) is 25.3 Å². The third-order valence-electron chi connectivity index (χ3n) is 4.50. The van der Waals surface area contributed by atoms with Crippen LogP contribution in [0.25, 0.3) is 0 Å². The number of guanidine groups is 1. The van der Waals surface area contributed by atoms with Gasteiger partial charge in [-0.25, -0.2) is 4.99 Å². The van der Waals surface area contributed by atoms with Crippen LogP contribution in [0.5, 0.6) is 0 Å². The highest BCUT2D eigenvalue weighted by atomic mass is 15.2. The number of fused-ring (bicyclic) bond motifs is 2. The minimum atomic E-state index is 0.374. The number of aliphatic imine (C=N–C) groups is 1. The van der Waals surface area contributed by atoms with Gasteiger partial charge in [0.15, 0.2) is 5.96 Å². The average Bonchev–Trinajstić information content (AvgIpc) is 2.91. The molecule has 1 heterocycles. The lowest BCUT2D eigenvalue weighted by Gasteiger charge is -2.23. The van der Waals surface area contributed by atoms with Crippen LogP contribution < -0.4 is 10.6 Å². The summed E-state index contributed by atoms with van der Waals surface area (Å²) in [4.78, 5) is 4.66. The summed E-state index contributed by atoms with van der Waals surface area (Å²) in [7, 11) is 0. The first-order chi connectivity index (χ1) is 10.3.